The van der Waals surface area contributed by atoms with Gasteiger partial charge in [0.15, 0.2) is 5.16 Å². The summed E-state index contributed by atoms with van der Waals surface area (Å²) in [5, 5.41) is 12.0. The van der Waals surface area contributed by atoms with Crippen molar-refractivity contribution < 1.29 is 9.15 Å². The molecule has 1 aromatic carbocycles. The summed E-state index contributed by atoms with van der Waals surface area (Å²) in [4.78, 5) is 24.9. The quantitative estimate of drug-likeness (QED) is 0.285. The van der Waals surface area contributed by atoms with Gasteiger partial charge in [-0.25, -0.2) is 4.79 Å². The van der Waals surface area contributed by atoms with E-state index in [-0.39, 0.29) is 16.5 Å². The minimum atomic E-state index is -0.607. The van der Waals surface area contributed by atoms with Gasteiger partial charge in [-0.1, -0.05) is 55.7 Å². The van der Waals surface area contributed by atoms with Crippen molar-refractivity contribution in [1.29, 1.82) is 0 Å². The molecule has 0 unspecified atom stereocenters. The van der Waals surface area contributed by atoms with Crippen LogP contribution < -0.4 is 21.1 Å². The van der Waals surface area contributed by atoms with Gasteiger partial charge in [-0.15, -0.1) is 5.10 Å². The molecular weight excluding hydrogens is 549 g/mol. The minimum Gasteiger partial charge on any atom is -0.489 e. The van der Waals surface area contributed by atoms with Crippen LogP contribution in [0.15, 0.2) is 26.5 Å². The molecule has 2 N–H and O–H groups in total. The number of anilines is 2. The number of aromatic nitrogens is 5. The van der Waals surface area contributed by atoms with E-state index in [4.69, 9.17) is 32.4 Å². The average Bonchev–Trinajstić information content (AvgIpc) is 3.16. The second kappa shape index (κ2) is 13.5. The normalized spacial score (nSPS) is 11.6. The number of nitrogens with zero attached hydrogens (tertiary/aromatic N) is 5. The third kappa shape index (κ3) is 9.36. The lowest BCUT2D eigenvalue weighted by Gasteiger charge is -2.13. The Kier molecular flexibility index (Phi) is 11.3. The number of hydrogen-bond donors (Lipinski definition) is 2. The molecule has 3 aromatic rings. The molecule has 0 atom stereocenters. The molecule has 2 aromatic heterocycles. The number of hydrogen-bond acceptors (Lipinski definition) is 10. The first kappa shape index (κ1) is 31.7. The maximum Gasteiger partial charge on any atom is 0.442 e. The highest BCUT2D eigenvalue weighted by Gasteiger charge is 2.24. The predicted molar refractivity (Wildman–Crippen MR) is 156 cm³/mol. The molecule has 0 aliphatic carbocycles. The maximum absolute atomic E-state index is 12.1. The largest absolute Gasteiger partial charge is 0.489 e. The van der Waals surface area contributed by atoms with Crippen LogP contribution in [-0.4, -0.2) is 49.2 Å². The maximum atomic E-state index is 12.1. The van der Waals surface area contributed by atoms with E-state index in [1.807, 2.05) is 40.9 Å². The first-order chi connectivity index (χ1) is 17.6. The second-order valence-corrected chi connectivity index (χ2v) is 11.9. The van der Waals surface area contributed by atoms with E-state index in [0.717, 1.165) is 9.84 Å². The lowest BCUT2D eigenvalue weighted by molar-refractivity contribution is 0.242. The Bertz CT molecular complexity index is 1240. The Morgan fingerprint density at radius 3 is 1.92 bits per heavy atom. The lowest BCUT2D eigenvalue weighted by Crippen LogP contribution is -2.17. The van der Waals surface area contributed by atoms with Crippen LogP contribution in [-0.2, 0) is 5.41 Å². The van der Waals surface area contributed by atoms with Crippen molar-refractivity contribution in [1.82, 2.24) is 24.7 Å². The summed E-state index contributed by atoms with van der Waals surface area (Å²) in [6.45, 7) is 17.7. The number of nitrogens with one attached hydrogen (secondary N) is 2. The van der Waals surface area contributed by atoms with Crippen LogP contribution >= 0.6 is 35.0 Å². The standard InChI is InChI=1S/C15H18Cl2N2O3.C10H19N5S/c1-8(2)21-12-7-11(9(16)6-10(12)17)19-14(20)22-13(18-19)15(3,4)5;1-6(2)11-8-13-9(12-7(3)4)15-10(14-8)16-5/h6-8H,1-5H3;6-7H,1-5H3,(H2,11,12,13,14,15). The third-order valence-corrected chi connectivity index (χ3v) is 5.56. The third-order valence-electron chi connectivity index (χ3n) is 4.41. The molecule has 0 bridgehead atoms. The van der Waals surface area contributed by atoms with E-state index in [0.29, 0.717) is 46.3 Å². The summed E-state index contributed by atoms with van der Waals surface area (Å²) in [7, 11) is 0. The molecule has 0 aliphatic heterocycles. The molecule has 0 saturated heterocycles. The Morgan fingerprint density at radius 1 is 0.947 bits per heavy atom. The smallest absolute Gasteiger partial charge is 0.442 e. The predicted octanol–water partition coefficient (Wildman–Crippen LogP) is 6.45. The van der Waals surface area contributed by atoms with Crippen LogP contribution in [0, 0.1) is 0 Å². The van der Waals surface area contributed by atoms with Gasteiger partial charge < -0.3 is 19.8 Å². The molecule has 38 heavy (non-hydrogen) atoms. The van der Waals surface area contributed by atoms with Gasteiger partial charge in [-0.3, -0.25) is 0 Å². The van der Waals surface area contributed by atoms with Gasteiger partial charge in [0, 0.05) is 23.6 Å². The Labute approximate surface area is 238 Å². The Balaban J connectivity index is 0.000000281. The number of benzene rings is 1. The van der Waals surface area contributed by atoms with Crippen molar-refractivity contribution in [3.63, 3.8) is 0 Å². The lowest BCUT2D eigenvalue weighted by atomic mass is 9.97. The second-order valence-electron chi connectivity index (χ2n) is 10.3. The molecule has 0 spiro atoms. The van der Waals surface area contributed by atoms with Crippen molar-refractivity contribution in [2.24, 2.45) is 0 Å². The molecule has 2 heterocycles. The molecule has 0 amide bonds. The summed E-state index contributed by atoms with van der Waals surface area (Å²) in [5.74, 6) is 1.40. The molecule has 0 saturated carbocycles. The van der Waals surface area contributed by atoms with Crippen LogP contribution in [0.25, 0.3) is 5.69 Å². The molecule has 210 valence electrons. The summed E-state index contributed by atoms with van der Waals surface area (Å²) in [6, 6.07) is 3.72. The summed E-state index contributed by atoms with van der Waals surface area (Å²) in [6.07, 6.45) is 1.89. The van der Waals surface area contributed by atoms with Crippen molar-refractivity contribution in [2.45, 2.75) is 91.1 Å². The zero-order valence-electron chi connectivity index (χ0n) is 23.5. The Morgan fingerprint density at radius 2 is 1.50 bits per heavy atom. The SMILES string of the molecule is CC(C)Oc1cc(-n2nc(C(C)(C)C)oc2=O)c(Cl)cc1Cl.CSc1nc(NC(C)C)nc(NC(C)C)n1. The van der Waals surface area contributed by atoms with Gasteiger partial charge in [0.1, 0.15) is 5.75 Å². The zero-order chi connectivity index (χ0) is 28.8. The topological polar surface area (TPSA) is 120 Å². The van der Waals surface area contributed by atoms with Crippen LogP contribution in [0.5, 0.6) is 5.75 Å². The summed E-state index contributed by atoms with van der Waals surface area (Å²) < 4.78 is 11.9. The van der Waals surface area contributed by atoms with Gasteiger partial charge in [0.05, 0.1) is 21.8 Å². The number of thioether (sulfide) groups is 1. The van der Waals surface area contributed by atoms with E-state index in [9.17, 15) is 4.79 Å². The first-order valence-corrected chi connectivity index (χ1v) is 14.2. The van der Waals surface area contributed by atoms with Crippen molar-refractivity contribution in [3.8, 4) is 11.4 Å². The fourth-order valence-electron chi connectivity index (χ4n) is 2.85. The average molecular weight is 587 g/mol. The van der Waals surface area contributed by atoms with Crippen molar-refractivity contribution in [2.75, 3.05) is 16.9 Å². The molecule has 3 rings (SSSR count). The number of ether oxygens (including phenoxy) is 1. The molecule has 0 radical (unpaired) electrons. The van der Waals surface area contributed by atoms with Crippen LogP contribution in [0.4, 0.5) is 11.9 Å². The van der Waals surface area contributed by atoms with E-state index in [1.54, 1.807) is 6.07 Å². The van der Waals surface area contributed by atoms with E-state index in [1.165, 1.54) is 17.8 Å². The van der Waals surface area contributed by atoms with Crippen molar-refractivity contribution >= 4 is 46.9 Å². The van der Waals surface area contributed by atoms with Crippen LogP contribution in [0.1, 0.15) is 68.2 Å². The molecule has 13 heteroatoms. The van der Waals surface area contributed by atoms with Gasteiger partial charge in [0.2, 0.25) is 17.8 Å². The van der Waals surface area contributed by atoms with Crippen molar-refractivity contribution in [3.05, 3.63) is 38.6 Å². The molecular formula is C25H37Cl2N7O3S. The highest BCUT2D eigenvalue weighted by Crippen LogP contribution is 2.33. The summed E-state index contributed by atoms with van der Waals surface area (Å²) in [5.41, 5.74) is -0.0217. The summed E-state index contributed by atoms with van der Waals surface area (Å²) >= 11 is 13.8. The molecule has 0 fully saturated rings. The highest BCUT2D eigenvalue weighted by molar-refractivity contribution is 7.98. The zero-order valence-corrected chi connectivity index (χ0v) is 25.8. The fraction of sp³-hybridized carbons (Fsp3) is 0.560. The van der Waals surface area contributed by atoms with E-state index >= 15 is 0 Å². The van der Waals surface area contributed by atoms with E-state index in [2.05, 4.69) is 58.4 Å². The van der Waals surface area contributed by atoms with Gasteiger partial charge in [-0.05, 0) is 53.9 Å². The molecule has 0 aliphatic rings. The fourth-order valence-corrected chi connectivity index (χ4v) is 3.71. The van der Waals surface area contributed by atoms with Crippen LogP contribution in [0.2, 0.25) is 10.0 Å². The van der Waals surface area contributed by atoms with Gasteiger partial charge in [0.25, 0.3) is 0 Å². The van der Waals surface area contributed by atoms with Gasteiger partial charge in [-0.2, -0.15) is 19.6 Å². The Hall–Kier alpha value is -2.50. The molecule has 10 nitrogen and oxygen atoms in total. The highest BCUT2D eigenvalue weighted by atomic mass is 35.5. The monoisotopic (exact) mass is 585 g/mol. The number of halogens is 2. The van der Waals surface area contributed by atoms with E-state index < -0.39 is 5.76 Å². The van der Waals surface area contributed by atoms with Crippen LogP contribution in [0.3, 0.4) is 0 Å². The van der Waals surface area contributed by atoms with Gasteiger partial charge >= 0.3 is 5.76 Å². The number of rotatable bonds is 8. The first-order valence-electron chi connectivity index (χ1n) is 12.2. The minimum absolute atomic E-state index is 0.0642.